The first-order valence-electron chi connectivity index (χ1n) is 2.98. The van der Waals surface area contributed by atoms with Gasteiger partial charge in [0.1, 0.15) is 0 Å². The zero-order valence-electron chi connectivity index (χ0n) is 6.02. The maximum Gasteiger partial charge on any atom is 0.0143 e. The van der Waals surface area contributed by atoms with Crippen LogP contribution in [0.15, 0.2) is 5.10 Å². The van der Waals surface area contributed by atoms with E-state index >= 15 is 0 Å². The quantitative estimate of drug-likeness (QED) is 0.405. The molecule has 0 aliphatic carbocycles. The second-order valence-electron chi connectivity index (χ2n) is 1.80. The van der Waals surface area contributed by atoms with Crippen molar-refractivity contribution in [1.82, 2.24) is 16.1 Å². The molecule has 0 amide bonds. The van der Waals surface area contributed by atoms with Gasteiger partial charge in [-0.3, -0.25) is 0 Å². The minimum absolute atomic E-state index is 0.989. The molecule has 4 heteroatoms. The average Bonchev–Trinajstić information content (AvgIpc) is 1.85. The third-order valence-electron chi connectivity index (χ3n) is 0.879. The Labute approximate surface area is 55.9 Å². The molecule has 0 radical (unpaired) electrons. The number of hydrazone groups is 1. The van der Waals surface area contributed by atoms with Gasteiger partial charge in [-0.25, -0.2) is 10.5 Å². The fourth-order valence-electron chi connectivity index (χ4n) is 0.512. The molecule has 9 heavy (non-hydrogen) atoms. The first-order chi connectivity index (χ1) is 4.31. The van der Waals surface area contributed by atoms with Crippen LogP contribution in [0.1, 0.15) is 13.3 Å². The molecule has 0 aromatic rings. The SMILES string of the molecule is C=NNNN(C)CCC. The molecular formula is C5H14N4. The molecular weight excluding hydrogens is 116 g/mol. The van der Waals surface area contributed by atoms with Crippen LogP contribution in [0.25, 0.3) is 0 Å². The monoisotopic (exact) mass is 130 g/mol. The zero-order valence-corrected chi connectivity index (χ0v) is 6.02. The number of nitrogens with one attached hydrogen (secondary N) is 2. The Morgan fingerprint density at radius 3 is 2.78 bits per heavy atom. The van der Waals surface area contributed by atoms with Crippen molar-refractivity contribution in [2.45, 2.75) is 13.3 Å². The number of hydrazine groups is 2. The maximum absolute atomic E-state index is 3.41. The molecule has 54 valence electrons. The van der Waals surface area contributed by atoms with E-state index in [-0.39, 0.29) is 0 Å². The molecule has 0 spiro atoms. The smallest absolute Gasteiger partial charge is 0.0143 e. The van der Waals surface area contributed by atoms with Crippen molar-refractivity contribution in [2.24, 2.45) is 5.10 Å². The van der Waals surface area contributed by atoms with Crippen LogP contribution in [0.4, 0.5) is 0 Å². The molecule has 2 N–H and O–H groups in total. The van der Waals surface area contributed by atoms with E-state index in [1.807, 2.05) is 12.1 Å². The van der Waals surface area contributed by atoms with E-state index < -0.39 is 0 Å². The van der Waals surface area contributed by atoms with E-state index in [4.69, 9.17) is 0 Å². The van der Waals surface area contributed by atoms with Crippen molar-refractivity contribution in [1.29, 1.82) is 0 Å². The first-order valence-corrected chi connectivity index (χ1v) is 2.98. The summed E-state index contributed by atoms with van der Waals surface area (Å²) in [6, 6.07) is 0. The lowest BCUT2D eigenvalue weighted by Gasteiger charge is -2.14. The Kier molecular flexibility index (Phi) is 5.15. The Balaban J connectivity index is 3.04. The molecule has 0 saturated carbocycles. The van der Waals surface area contributed by atoms with Gasteiger partial charge in [0.2, 0.25) is 0 Å². The highest BCUT2D eigenvalue weighted by atomic mass is 15.7. The average molecular weight is 130 g/mol. The van der Waals surface area contributed by atoms with Crippen molar-refractivity contribution < 1.29 is 0 Å². The fourth-order valence-corrected chi connectivity index (χ4v) is 0.512. The molecule has 0 aliphatic rings. The number of hydrogen-bond donors (Lipinski definition) is 2. The number of nitrogens with zero attached hydrogens (tertiary/aromatic N) is 2. The lowest BCUT2D eigenvalue weighted by atomic mass is 10.5. The summed E-state index contributed by atoms with van der Waals surface area (Å²) in [4.78, 5) is 0. The molecule has 0 saturated heterocycles. The van der Waals surface area contributed by atoms with Crippen molar-refractivity contribution in [3.05, 3.63) is 0 Å². The molecule has 0 unspecified atom stereocenters. The molecule has 0 rings (SSSR count). The van der Waals surface area contributed by atoms with Gasteiger partial charge < -0.3 is 0 Å². The van der Waals surface area contributed by atoms with Crippen LogP contribution in [-0.2, 0) is 0 Å². The summed E-state index contributed by atoms with van der Waals surface area (Å²) < 4.78 is 0. The van der Waals surface area contributed by atoms with Crippen LogP contribution >= 0.6 is 0 Å². The first kappa shape index (κ1) is 8.39. The van der Waals surface area contributed by atoms with E-state index in [9.17, 15) is 0 Å². The van der Waals surface area contributed by atoms with Crippen LogP contribution in [0.5, 0.6) is 0 Å². The summed E-state index contributed by atoms with van der Waals surface area (Å²) in [5.74, 6) is 0. The van der Waals surface area contributed by atoms with Gasteiger partial charge >= 0.3 is 0 Å². The van der Waals surface area contributed by atoms with Crippen molar-refractivity contribution in [2.75, 3.05) is 13.6 Å². The third kappa shape index (κ3) is 5.26. The molecule has 0 bridgehead atoms. The molecule has 0 atom stereocenters. The summed E-state index contributed by atoms with van der Waals surface area (Å²) in [6.45, 7) is 6.34. The molecule has 0 aromatic carbocycles. The minimum atomic E-state index is 0.989. The van der Waals surface area contributed by atoms with Gasteiger partial charge in [0.25, 0.3) is 0 Å². The second-order valence-corrected chi connectivity index (χ2v) is 1.80. The van der Waals surface area contributed by atoms with Gasteiger partial charge in [-0.2, -0.15) is 10.6 Å². The van der Waals surface area contributed by atoms with Crippen molar-refractivity contribution in [3.63, 3.8) is 0 Å². The Morgan fingerprint density at radius 1 is 1.67 bits per heavy atom. The van der Waals surface area contributed by atoms with Crippen molar-refractivity contribution >= 4 is 6.72 Å². The van der Waals surface area contributed by atoms with Crippen LogP contribution < -0.4 is 11.1 Å². The summed E-state index contributed by atoms with van der Waals surface area (Å²) in [5.41, 5.74) is 5.31. The van der Waals surface area contributed by atoms with E-state index in [1.165, 1.54) is 0 Å². The minimum Gasteiger partial charge on any atom is -0.230 e. The molecule has 0 aliphatic heterocycles. The Morgan fingerprint density at radius 2 is 2.33 bits per heavy atom. The second kappa shape index (κ2) is 5.53. The summed E-state index contributed by atoms with van der Waals surface area (Å²) >= 11 is 0. The number of hydrogen-bond acceptors (Lipinski definition) is 4. The van der Waals surface area contributed by atoms with E-state index in [0.29, 0.717) is 0 Å². The predicted octanol–water partition coefficient (Wildman–Crippen LogP) is -0.0470. The molecule has 0 heterocycles. The normalized spacial score (nSPS) is 9.67. The highest BCUT2D eigenvalue weighted by Gasteiger charge is 1.89. The Bertz CT molecular complexity index is 73.4. The van der Waals surface area contributed by atoms with E-state index in [1.54, 1.807) is 0 Å². The van der Waals surface area contributed by atoms with E-state index in [0.717, 1.165) is 13.0 Å². The molecule has 0 fully saturated rings. The zero-order chi connectivity index (χ0) is 7.11. The van der Waals surface area contributed by atoms with Crippen LogP contribution in [-0.4, -0.2) is 25.3 Å². The third-order valence-corrected chi connectivity index (χ3v) is 0.879. The summed E-state index contributed by atoms with van der Waals surface area (Å²) in [5, 5.41) is 5.30. The maximum atomic E-state index is 3.41. The fraction of sp³-hybridized carbons (Fsp3) is 0.800. The van der Waals surface area contributed by atoms with Gasteiger partial charge in [-0.05, 0) is 6.42 Å². The van der Waals surface area contributed by atoms with Crippen LogP contribution in [0.3, 0.4) is 0 Å². The van der Waals surface area contributed by atoms with E-state index in [2.05, 4.69) is 29.8 Å². The van der Waals surface area contributed by atoms with Gasteiger partial charge in [0.15, 0.2) is 0 Å². The molecule has 0 aromatic heterocycles. The largest absolute Gasteiger partial charge is 0.230 e. The van der Waals surface area contributed by atoms with Gasteiger partial charge in [-0.1, -0.05) is 6.92 Å². The highest BCUT2D eigenvalue weighted by Crippen LogP contribution is 1.76. The molecule has 4 nitrogen and oxygen atoms in total. The standard InChI is InChI=1S/C5H14N4/c1-4-5-9(3)8-7-6-2/h7-8H,2,4-5H2,1,3H3. The van der Waals surface area contributed by atoms with Gasteiger partial charge in [-0.15, -0.1) is 0 Å². The number of rotatable bonds is 5. The Hall–Kier alpha value is -0.610. The van der Waals surface area contributed by atoms with Crippen molar-refractivity contribution in [3.8, 4) is 0 Å². The van der Waals surface area contributed by atoms with Gasteiger partial charge in [0, 0.05) is 20.3 Å². The predicted molar refractivity (Wildman–Crippen MR) is 38.7 cm³/mol. The lowest BCUT2D eigenvalue weighted by Crippen LogP contribution is -2.42. The summed E-state index contributed by atoms with van der Waals surface area (Å²) in [7, 11) is 1.93. The highest BCUT2D eigenvalue weighted by molar-refractivity contribution is 5.21. The lowest BCUT2D eigenvalue weighted by molar-refractivity contribution is 0.195. The van der Waals surface area contributed by atoms with Crippen LogP contribution in [0, 0.1) is 0 Å². The van der Waals surface area contributed by atoms with Crippen LogP contribution in [0.2, 0.25) is 0 Å². The summed E-state index contributed by atoms with van der Waals surface area (Å²) in [6.07, 6.45) is 1.11. The topological polar surface area (TPSA) is 39.7 Å². The van der Waals surface area contributed by atoms with Gasteiger partial charge in [0.05, 0.1) is 0 Å².